The molecule has 0 aliphatic carbocycles. The predicted molar refractivity (Wildman–Crippen MR) is 122 cm³/mol. The summed E-state index contributed by atoms with van der Waals surface area (Å²) in [5.74, 6) is 1.57. The largest absolute Gasteiger partial charge is 0.490 e. The van der Waals surface area contributed by atoms with Gasteiger partial charge in [-0.3, -0.25) is 0 Å². The maximum absolute atomic E-state index is 11.1. The zero-order valence-corrected chi connectivity index (χ0v) is 18.0. The number of aromatic nitrogens is 2. The number of piperidine rings is 1. The van der Waals surface area contributed by atoms with Crippen LogP contribution in [-0.4, -0.2) is 59.4 Å². The number of amides is 1. The Hall–Kier alpha value is -3.55. The van der Waals surface area contributed by atoms with Crippen LogP contribution in [0.3, 0.4) is 0 Å². The molecular formula is C23H27N5O3. The second-order valence-electron chi connectivity index (χ2n) is 8.01. The van der Waals surface area contributed by atoms with Crippen LogP contribution in [-0.2, 0) is 0 Å². The molecule has 0 atom stereocenters. The van der Waals surface area contributed by atoms with E-state index in [9.17, 15) is 4.79 Å². The number of nitrogens with one attached hydrogen (secondary N) is 1. The van der Waals surface area contributed by atoms with Crippen LogP contribution in [0.25, 0.3) is 10.9 Å². The molecule has 1 aliphatic rings. The fourth-order valence-electron chi connectivity index (χ4n) is 3.76. The minimum atomic E-state index is -0.861. The van der Waals surface area contributed by atoms with Gasteiger partial charge in [0.25, 0.3) is 0 Å². The number of ether oxygens (including phenoxy) is 1. The van der Waals surface area contributed by atoms with Crippen LogP contribution in [0.4, 0.5) is 22.0 Å². The molecular weight excluding hydrogens is 394 g/mol. The Labute approximate surface area is 181 Å². The van der Waals surface area contributed by atoms with Gasteiger partial charge in [0.05, 0.1) is 5.52 Å². The Morgan fingerprint density at radius 2 is 1.94 bits per heavy atom. The van der Waals surface area contributed by atoms with Crippen molar-refractivity contribution in [3.05, 3.63) is 48.3 Å². The molecule has 0 saturated carbocycles. The number of hydrogen-bond acceptors (Lipinski definition) is 6. The van der Waals surface area contributed by atoms with Crippen molar-refractivity contribution in [1.29, 1.82) is 0 Å². The van der Waals surface area contributed by atoms with Crippen molar-refractivity contribution in [1.82, 2.24) is 14.9 Å². The van der Waals surface area contributed by atoms with E-state index in [4.69, 9.17) is 9.84 Å². The number of aryl methyl sites for hydroxylation is 1. The van der Waals surface area contributed by atoms with Gasteiger partial charge >= 0.3 is 6.09 Å². The molecule has 1 amide bonds. The number of likely N-dealkylation sites (tertiary alicyclic amines) is 1. The van der Waals surface area contributed by atoms with Crippen molar-refractivity contribution in [3.63, 3.8) is 0 Å². The number of benzene rings is 2. The minimum Gasteiger partial charge on any atom is -0.490 e. The molecule has 0 unspecified atom stereocenters. The van der Waals surface area contributed by atoms with E-state index in [-0.39, 0.29) is 6.10 Å². The number of carboxylic acid groups (broad SMARTS) is 1. The van der Waals surface area contributed by atoms with E-state index in [0.717, 1.165) is 39.4 Å². The van der Waals surface area contributed by atoms with Crippen molar-refractivity contribution in [2.45, 2.75) is 25.9 Å². The third-order valence-corrected chi connectivity index (χ3v) is 5.58. The minimum absolute atomic E-state index is 0.0309. The van der Waals surface area contributed by atoms with E-state index in [2.05, 4.69) is 21.4 Å². The Balaban J connectivity index is 1.49. The summed E-state index contributed by atoms with van der Waals surface area (Å²) in [6, 6.07) is 12.1. The van der Waals surface area contributed by atoms with E-state index in [1.165, 1.54) is 4.90 Å². The van der Waals surface area contributed by atoms with Gasteiger partial charge in [-0.15, -0.1) is 0 Å². The van der Waals surface area contributed by atoms with Crippen molar-refractivity contribution in [3.8, 4) is 5.75 Å². The predicted octanol–water partition coefficient (Wildman–Crippen LogP) is 4.27. The Kier molecular flexibility index (Phi) is 5.79. The number of carbonyl (C=O) groups is 1. The van der Waals surface area contributed by atoms with E-state index in [1.807, 2.05) is 56.3 Å². The van der Waals surface area contributed by atoms with Crippen LogP contribution >= 0.6 is 0 Å². The van der Waals surface area contributed by atoms with Crippen LogP contribution < -0.4 is 15.0 Å². The molecule has 8 nitrogen and oxygen atoms in total. The van der Waals surface area contributed by atoms with Gasteiger partial charge in [0.15, 0.2) is 0 Å². The van der Waals surface area contributed by atoms with Gasteiger partial charge in [-0.05, 0) is 48.9 Å². The smallest absolute Gasteiger partial charge is 0.407 e. The fourth-order valence-corrected chi connectivity index (χ4v) is 3.76. The summed E-state index contributed by atoms with van der Waals surface area (Å²) in [7, 11) is 4.01. The quantitative estimate of drug-likeness (QED) is 0.636. The number of nitrogens with zero attached hydrogens (tertiary/aromatic N) is 4. The SMILES string of the molecule is Cc1cc(Nc2ncnc3ccc(N(C)C)cc23)ccc1OC1CCN(C(=O)O)CC1. The summed E-state index contributed by atoms with van der Waals surface area (Å²) < 4.78 is 6.15. The molecule has 1 fully saturated rings. The van der Waals surface area contributed by atoms with Gasteiger partial charge in [-0.25, -0.2) is 14.8 Å². The first kappa shape index (κ1) is 20.7. The molecule has 0 radical (unpaired) electrons. The highest BCUT2D eigenvalue weighted by Gasteiger charge is 2.23. The molecule has 1 aliphatic heterocycles. The lowest BCUT2D eigenvalue weighted by Crippen LogP contribution is -2.41. The molecule has 0 spiro atoms. The molecule has 31 heavy (non-hydrogen) atoms. The number of hydrogen-bond donors (Lipinski definition) is 2. The molecule has 8 heteroatoms. The summed E-state index contributed by atoms with van der Waals surface area (Å²) in [4.78, 5) is 23.4. The highest BCUT2D eigenvalue weighted by Crippen LogP contribution is 2.30. The summed E-state index contributed by atoms with van der Waals surface area (Å²) in [6.07, 6.45) is 2.14. The number of rotatable bonds is 5. The second-order valence-corrected chi connectivity index (χ2v) is 8.01. The molecule has 0 bridgehead atoms. The molecule has 4 rings (SSSR count). The van der Waals surface area contributed by atoms with E-state index < -0.39 is 6.09 Å². The lowest BCUT2D eigenvalue weighted by atomic mass is 10.1. The van der Waals surface area contributed by atoms with Crippen LogP contribution in [0.15, 0.2) is 42.7 Å². The Morgan fingerprint density at radius 3 is 2.61 bits per heavy atom. The first-order valence-corrected chi connectivity index (χ1v) is 10.3. The number of fused-ring (bicyclic) bond motifs is 1. The van der Waals surface area contributed by atoms with Gasteiger partial charge in [0, 0.05) is 56.8 Å². The van der Waals surface area contributed by atoms with Crippen molar-refractivity contribution in [2.75, 3.05) is 37.4 Å². The van der Waals surface area contributed by atoms with Gasteiger partial charge in [-0.1, -0.05) is 0 Å². The van der Waals surface area contributed by atoms with Crippen LogP contribution in [0, 0.1) is 6.92 Å². The Bertz CT molecular complexity index is 1090. The van der Waals surface area contributed by atoms with E-state index >= 15 is 0 Å². The zero-order chi connectivity index (χ0) is 22.0. The lowest BCUT2D eigenvalue weighted by molar-refractivity contribution is 0.0891. The summed E-state index contributed by atoms with van der Waals surface area (Å²) in [5.41, 5.74) is 3.89. The number of anilines is 3. The molecule has 3 aromatic rings. The van der Waals surface area contributed by atoms with Gasteiger partial charge in [-0.2, -0.15) is 0 Å². The maximum atomic E-state index is 11.1. The van der Waals surface area contributed by atoms with Gasteiger partial charge < -0.3 is 25.0 Å². The fraction of sp³-hybridized carbons (Fsp3) is 0.348. The van der Waals surface area contributed by atoms with Crippen molar-refractivity contribution in [2.24, 2.45) is 0 Å². The molecule has 2 N–H and O–H groups in total. The first-order valence-electron chi connectivity index (χ1n) is 10.3. The third kappa shape index (κ3) is 4.63. The standard InChI is InChI=1S/C23H27N5O3/c1-15-12-16(4-7-21(15)31-18-8-10-28(11-9-18)23(29)30)26-22-19-13-17(27(2)3)5-6-20(19)24-14-25-22/h4-7,12-14,18H,8-11H2,1-3H3,(H,29,30)(H,24,25,26). The van der Waals surface area contributed by atoms with Crippen LogP contribution in [0.2, 0.25) is 0 Å². The maximum Gasteiger partial charge on any atom is 0.407 e. The topological polar surface area (TPSA) is 90.8 Å². The van der Waals surface area contributed by atoms with Crippen molar-refractivity contribution < 1.29 is 14.6 Å². The summed E-state index contributed by atoms with van der Waals surface area (Å²) >= 11 is 0. The van der Waals surface area contributed by atoms with Gasteiger partial charge in [0.2, 0.25) is 0 Å². The average molecular weight is 422 g/mol. The van der Waals surface area contributed by atoms with Crippen LogP contribution in [0.5, 0.6) is 5.75 Å². The molecule has 162 valence electrons. The molecule has 1 saturated heterocycles. The molecule has 2 heterocycles. The highest BCUT2D eigenvalue weighted by molar-refractivity contribution is 5.93. The van der Waals surface area contributed by atoms with Crippen molar-refractivity contribution >= 4 is 34.2 Å². The van der Waals surface area contributed by atoms with E-state index in [1.54, 1.807) is 6.33 Å². The van der Waals surface area contributed by atoms with Gasteiger partial charge in [0.1, 0.15) is 24.0 Å². The summed E-state index contributed by atoms with van der Waals surface area (Å²) in [6.45, 7) is 3.03. The highest BCUT2D eigenvalue weighted by atomic mass is 16.5. The molecule has 1 aromatic heterocycles. The first-order chi connectivity index (χ1) is 14.9. The normalized spacial score (nSPS) is 14.5. The lowest BCUT2D eigenvalue weighted by Gasteiger charge is -2.30. The third-order valence-electron chi connectivity index (χ3n) is 5.58. The second kappa shape index (κ2) is 8.67. The van der Waals surface area contributed by atoms with Crippen LogP contribution in [0.1, 0.15) is 18.4 Å². The summed E-state index contributed by atoms with van der Waals surface area (Å²) in [5, 5.41) is 13.4. The average Bonchev–Trinajstić information content (AvgIpc) is 2.76. The zero-order valence-electron chi connectivity index (χ0n) is 18.0. The monoisotopic (exact) mass is 421 g/mol. The molecule has 2 aromatic carbocycles. The Morgan fingerprint density at radius 1 is 1.16 bits per heavy atom. The van der Waals surface area contributed by atoms with E-state index in [0.29, 0.717) is 25.9 Å².